The van der Waals surface area contributed by atoms with Crippen LogP contribution in [-0.4, -0.2) is 19.1 Å². The maximum absolute atomic E-state index is 9.59. The van der Waals surface area contributed by atoms with Gasteiger partial charge in [0, 0.05) is 19.6 Å². The Kier molecular flexibility index (Phi) is 13.7. The van der Waals surface area contributed by atoms with E-state index in [0.29, 0.717) is 6.42 Å². The van der Waals surface area contributed by atoms with Crippen LogP contribution in [0.5, 0.6) is 0 Å². The number of primary amides is 1. The number of hydrogen-bond acceptors (Lipinski definition) is 2. The van der Waals surface area contributed by atoms with Crippen LogP contribution in [0.4, 0.5) is 0 Å². The van der Waals surface area contributed by atoms with Crippen LogP contribution in [0, 0.1) is 0 Å². The molecule has 62 valence electrons. The van der Waals surface area contributed by atoms with E-state index in [4.69, 9.17) is 4.74 Å². The predicted octanol–water partition coefficient (Wildman–Crippen LogP) is 0.924. The largest absolute Gasteiger partial charge is 0.382 e. The van der Waals surface area contributed by atoms with Crippen LogP contribution in [0.15, 0.2) is 0 Å². The van der Waals surface area contributed by atoms with E-state index in [0.717, 1.165) is 13.2 Å². The molecule has 0 aliphatic heterocycles. The minimum atomic E-state index is -0.245. The fourth-order valence-corrected chi connectivity index (χ4v) is 0.204. The van der Waals surface area contributed by atoms with Crippen LogP contribution in [0.2, 0.25) is 0 Å². The van der Waals surface area contributed by atoms with Gasteiger partial charge in [0.2, 0.25) is 5.91 Å². The van der Waals surface area contributed by atoms with Crippen LogP contribution in [0.1, 0.15) is 27.2 Å². The molecule has 3 heteroatoms. The number of rotatable bonds is 3. The van der Waals surface area contributed by atoms with E-state index in [1.54, 1.807) is 6.92 Å². The molecule has 0 radical (unpaired) electrons. The molecule has 10 heavy (non-hydrogen) atoms. The van der Waals surface area contributed by atoms with Crippen molar-refractivity contribution in [2.45, 2.75) is 27.2 Å². The quantitative estimate of drug-likeness (QED) is 0.645. The predicted molar refractivity (Wildman–Crippen MR) is 41.7 cm³/mol. The number of ether oxygens (including phenoxy) is 1. The van der Waals surface area contributed by atoms with Gasteiger partial charge in [0.15, 0.2) is 0 Å². The second kappa shape index (κ2) is 11.3. The average Bonchev–Trinajstić information content (AvgIpc) is 1.91. The maximum atomic E-state index is 9.59. The van der Waals surface area contributed by atoms with Crippen molar-refractivity contribution in [3.8, 4) is 0 Å². The highest BCUT2D eigenvalue weighted by Crippen LogP contribution is 1.64. The van der Waals surface area contributed by atoms with Gasteiger partial charge in [-0.3, -0.25) is 4.79 Å². The summed E-state index contributed by atoms with van der Waals surface area (Å²) >= 11 is 0. The van der Waals surface area contributed by atoms with Gasteiger partial charge in [0.1, 0.15) is 0 Å². The Labute approximate surface area is 62.5 Å². The maximum Gasteiger partial charge on any atom is 0.217 e. The first-order chi connectivity index (χ1) is 4.68. The van der Waals surface area contributed by atoms with Gasteiger partial charge in [-0.15, -0.1) is 0 Å². The van der Waals surface area contributed by atoms with Gasteiger partial charge in [-0.05, 0) is 13.8 Å². The molecule has 0 aromatic rings. The Bertz CT molecular complexity index is 72.0. The van der Waals surface area contributed by atoms with Crippen molar-refractivity contribution < 1.29 is 9.53 Å². The van der Waals surface area contributed by atoms with Crippen LogP contribution < -0.4 is 5.73 Å². The Morgan fingerprint density at radius 2 is 1.60 bits per heavy atom. The average molecular weight is 147 g/mol. The molecule has 0 saturated heterocycles. The summed E-state index contributed by atoms with van der Waals surface area (Å²) in [5.41, 5.74) is 4.65. The highest BCUT2D eigenvalue weighted by atomic mass is 16.5. The normalized spacial score (nSPS) is 7.90. The number of hydrogen-bond donors (Lipinski definition) is 1. The zero-order chi connectivity index (χ0) is 8.41. The summed E-state index contributed by atoms with van der Waals surface area (Å²) in [5.74, 6) is -0.245. The number of amides is 1. The first kappa shape index (κ1) is 12.1. The lowest BCUT2D eigenvalue weighted by atomic mass is 10.5. The monoisotopic (exact) mass is 147 g/mol. The van der Waals surface area contributed by atoms with Crippen molar-refractivity contribution in [2.75, 3.05) is 13.2 Å². The second-order valence-electron chi connectivity index (χ2n) is 1.60. The molecule has 0 aliphatic carbocycles. The second-order valence-corrected chi connectivity index (χ2v) is 1.60. The lowest BCUT2D eigenvalue weighted by molar-refractivity contribution is -0.117. The van der Waals surface area contributed by atoms with Crippen LogP contribution >= 0.6 is 0 Å². The first-order valence-corrected chi connectivity index (χ1v) is 3.55. The minimum absolute atomic E-state index is 0.245. The third kappa shape index (κ3) is 26.1. The molecule has 1 amide bonds. The summed E-state index contributed by atoms with van der Waals surface area (Å²) in [6.07, 6.45) is 0.444. The molecule has 0 aromatic heterocycles. The summed E-state index contributed by atoms with van der Waals surface area (Å²) < 4.78 is 4.83. The standard InChI is InChI=1S/C4H10O.C3H7NO/c1-3-5-4-2;1-2-3(4)5/h3-4H2,1-2H3;2H2,1H3,(H2,4,5). The summed E-state index contributed by atoms with van der Waals surface area (Å²) in [5, 5.41) is 0. The van der Waals surface area contributed by atoms with E-state index >= 15 is 0 Å². The SMILES string of the molecule is CCC(N)=O.CCOCC. The van der Waals surface area contributed by atoms with E-state index in [2.05, 4.69) is 5.73 Å². The van der Waals surface area contributed by atoms with Gasteiger partial charge in [0.25, 0.3) is 0 Å². The van der Waals surface area contributed by atoms with Crippen molar-refractivity contribution in [3.05, 3.63) is 0 Å². The summed E-state index contributed by atoms with van der Waals surface area (Å²) in [6.45, 7) is 7.39. The Balaban J connectivity index is 0. The number of nitrogens with two attached hydrogens (primary N) is 1. The van der Waals surface area contributed by atoms with E-state index in [-0.39, 0.29) is 5.91 Å². The Hall–Kier alpha value is -0.570. The number of carbonyl (C=O) groups excluding carboxylic acids is 1. The molecule has 0 bridgehead atoms. The summed E-state index contributed by atoms with van der Waals surface area (Å²) in [4.78, 5) is 9.59. The van der Waals surface area contributed by atoms with E-state index in [9.17, 15) is 4.79 Å². The van der Waals surface area contributed by atoms with E-state index < -0.39 is 0 Å². The van der Waals surface area contributed by atoms with Gasteiger partial charge in [-0.2, -0.15) is 0 Å². The van der Waals surface area contributed by atoms with Gasteiger partial charge >= 0.3 is 0 Å². The molecule has 0 aliphatic rings. The van der Waals surface area contributed by atoms with Crippen molar-refractivity contribution in [3.63, 3.8) is 0 Å². The van der Waals surface area contributed by atoms with Crippen LogP contribution in [0.25, 0.3) is 0 Å². The first-order valence-electron chi connectivity index (χ1n) is 3.55. The molecular weight excluding hydrogens is 130 g/mol. The Morgan fingerprint density at radius 3 is 1.60 bits per heavy atom. The topological polar surface area (TPSA) is 52.3 Å². The molecule has 0 saturated carbocycles. The lowest BCUT2D eigenvalue weighted by Crippen LogP contribution is -2.06. The van der Waals surface area contributed by atoms with Gasteiger partial charge in [-0.25, -0.2) is 0 Å². The fourth-order valence-electron chi connectivity index (χ4n) is 0.204. The van der Waals surface area contributed by atoms with E-state index in [1.807, 2.05) is 13.8 Å². The summed E-state index contributed by atoms with van der Waals surface area (Å²) in [6, 6.07) is 0. The van der Waals surface area contributed by atoms with Crippen LogP contribution in [-0.2, 0) is 9.53 Å². The molecule has 2 N–H and O–H groups in total. The van der Waals surface area contributed by atoms with Crippen molar-refractivity contribution in [1.82, 2.24) is 0 Å². The summed E-state index contributed by atoms with van der Waals surface area (Å²) in [7, 11) is 0. The molecule has 0 fully saturated rings. The van der Waals surface area contributed by atoms with Crippen molar-refractivity contribution >= 4 is 5.91 Å². The molecule has 0 atom stereocenters. The molecular formula is C7H17NO2. The molecule has 0 unspecified atom stereocenters. The molecule has 0 rings (SSSR count). The third-order valence-corrected chi connectivity index (χ3v) is 0.757. The molecule has 0 heterocycles. The van der Waals surface area contributed by atoms with E-state index in [1.165, 1.54) is 0 Å². The zero-order valence-corrected chi connectivity index (χ0v) is 7.02. The van der Waals surface area contributed by atoms with Gasteiger partial charge < -0.3 is 10.5 Å². The smallest absolute Gasteiger partial charge is 0.217 e. The van der Waals surface area contributed by atoms with Gasteiger partial charge in [0.05, 0.1) is 0 Å². The van der Waals surface area contributed by atoms with Crippen LogP contribution in [0.3, 0.4) is 0 Å². The Morgan fingerprint density at radius 1 is 1.30 bits per heavy atom. The highest BCUT2D eigenvalue weighted by molar-refractivity contribution is 5.73. The van der Waals surface area contributed by atoms with Crippen molar-refractivity contribution in [2.24, 2.45) is 5.73 Å². The minimum Gasteiger partial charge on any atom is -0.382 e. The lowest BCUT2D eigenvalue weighted by Gasteiger charge is -1.86. The number of carbonyl (C=O) groups is 1. The van der Waals surface area contributed by atoms with Gasteiger partial charge in [-0.1, -0.05) is 6.92 Å². The highest BCUT2D eigenvalue weighted by Gasteiger charge is 1.77. The fraction of sp³-hybridized carbons (Fsp3) is 0.857. The zero-order valence-electron chi connectivity index (χ0n) is 7.02. The third-order valence-electron chi connectivity index (χ3n) is 0.757. The molecule has 0 spiro atoms. The molecule has 3 nitrogen and oxygen atoms in total. The molecule has 0 aromatic carbocycles. The van der Waals surface area contributed by atoms with Crippen molar-refractivity contribution in [1.29, 1.82) is 0 Å².